The molecule has 3 aromatic rings. The second kappa shape index (κ2) is 10.8. The molecule has 2 heterocycles. The maximum absolute atomic E-state index is 15.1. The van der Waals surface area contributed by atoms with E-state index >= 15 is 8.78 Å². The van der Waals surface area contributed by atoms with Gasteiger partial charge in [0.15, 0.2) is 33.0 Å². The number of allylic oxidation sites excluding steroid dienone is 2. The molecule has 49 heavy (non-hydrogen) atoms. The van der Waals surface area contributed by atoms with Crippen LogP contribution in [0.5, 0.6) is 5.75 Å². The topological polar surface area (TPSA) is 138 Å². The highest BCUT2D eigenvalue weighted by Gasteiger charge is 2.77. The number of alkyl halides is 2. The fourth-order valence-corrected chi connectivity index (χ4v) is 8.58. The van der Waals surface area contributed by atoms with Crippen LogP contribution in [0.1, 0.15) is 24.3 Å². The number of imide groups is 2. The number of nitro groups is 1. The molecule has 0 bridgehead atoms. The van der Waals surface area contributed by atoms with E-state index in [1.165, 1.54) is 36.4 Å². The molecule has 4 amide bonds. The standard InChI is InChI=1S/C32H18Cl2F5N3O7/c33-31-11-18-16(7-8-17-19(18)28(45)40(27(17)44)13-4-2-5-14(10-13)42(48)49)20(12-3-1-6-15(43)9-12)32(31,34)30(47)41(29(31)46)26-24(38)22(36)21(35)23(37)25(26)39/h1-7,9-10,17-20,43H,8,11H2. The van der Waals surface area contributed by atoms with Gasteiger partial charge < -0.3 is 5.11 Å². The Morgan fingerprint density at radius 2 is 1.45 bits per heavy atom. The summed E-state index contributed by atoms with van der Waals surface area (Å²) in [7, 11) is 0. The van der Waals surface area contributed by atoms with Gasteiger partial charge in [0.25, 0.3) is 17.5 Å². The molecule has 7 rings (SSSR count). The van der Waals surface area contributed by atoms with Crippen LogP contribution in [-0.4, -0.2) is 43.4 Å². The highest BCUT2D eigenvalue weighted by atomic mass is 35.5. The van der Waals surface area contributed by atoms with Crippen LogP contribution in [0.2, 0.25) is 0 Å². The smallest absolute Gasteiger partial charge is 0.271 e. The zero-order valence-electron chi connectivity index (χ0n) is 24.3. The maximum atomic E-state index is 15.1. The summed E-state index contributed by atoms with van der Waals surface area (Å²) in [6, 6.07) is 9.86. The van der Waals surface area contributed by atoms with E-state index in [-0.39, 0.29) is 33.9 Å². The van der Waals surface area contributed by atoms with Crippen molar-refractivity contribution in [3.05, 3.63) is 105 Å². The largest absolute Gasteiger partial charge is 0.508 e. The van der Waals surface area contributed by atoms with Gasteiger partial charge in [-0.2, -0.15) is 0 Å². The Kier molecular flexibility index (Phi) is 7.20. The molecule has 0 spiro atoms. The Morgan fingerprint density at radius 3 is 2.08 bits per heavy atom. The first-order chi connectivity index (χ1) is 23.1. The Hall–Kier alpha value is -4.89. The number of benzene rings is 3. The van der Waals surface area contributed by atoms with E-state index in [2.05, 4.69) is 0 Å². The molecule has 3 aromatic carbocycles. The molecule has 4 aliphatic rings. The van der Waals surface area contributed by atoms with E-state index in [0.717, 1.165) is 23.1 Å². The van der Waals surface area contributed by atoms with Crippen molar-refractivity contribution in [1.29, 1.82) is 0 Å². The van der Waals surface area contributed by atoms with Gasteiger partial charge in [-0.1, -0.05) is 29.8 Å². The van der Waals surface area contributed by atoms with Crippen LogP contribution in [0, 0.1) is 57.0 Å². The number of rotatable bonds is 4. The lowest BCUT2D eigenvalue weighted by Crippen LogP contribution is -2.60. The highest BCUT2D eigenvalue weighted by Crippen LogP contribution is 2.66. The van der Waals surface area contributed by atoms with Crippen molar-refractivity contribution in [3.63, 3.8) is 0 Å². The van der Waals surface area contributed by atoms with E-state index in [1.807, 2.05) is 0 Å². The van der Waals surface area contributed by atoms with Crippen molar-refractivity contribution in [2.45, 2.75) is 28.5 Å². The molecule has 0 radical (unpaired) electrons. The van der Waals surface area contributed by atoms with Gasteiger partial charge in [-0.05, 0) is 42.5 Å². The molecule has 0 aromatic heterocycles. The number of hydrogen-bond acceptors (Lipinski definition) is 7. The SMILES string of the molecule is O=C1C2CC=C3C(CC4(Cl)C(=O)N(c5c(F)c(F)c(F)c(F)c5F)C(=O)C4(Cl)C3c3cccc(O)c3)C2C(=O)N1c1cccc([N+](=O)[O-])c1. The van der Waals surface area contributed by atoms with Gasteiger partial charge in [-0.15, -0.1) is 23.2 Å². The number of phenols is 1. The Morgan fingerprint density at radius 1 is 0.816 bits per heavy atom. The molecule has 1 N–H and O–H groups in total. The summed E-state index contributed by atoms with van der Waals surface area (Å²) in [5, 5.41) is 21.8. The number of fused-ring (bicyclic) bond motifs is 4. The van der Waals surface area contributed by atoms with E-state index in [9.17, 15) is 47.6 Å². The molecular formula is C32H18Cl2F5N3O7. The Labute approximate surface area is 281 Å². The zero-order chi connectivity index (χ0) is 35.5. The average Bonchev–Trinajstić information content (AvgIpc) is 3.41. The highest BCUT2D eigenvalue weighted by molar-refractivity contribution is 6.58. The number of aromatic hydroxyl groups is 1. The number of hydrogen-bond donors (Lipinski definition) is 1. The van der Waals surface area contributed by atoms with E-state index in [0.29, 0.717) is 0 Å². The van der Waals surface area contributed by atoms with Crippen LogP contribution >= 0.6 is 23.2 Å². The first-order valence-corrected chi connectivity index (χ1v) is 15.2. The number of anilines is 2. The van der Waals surface area contributed by atoms with E-state index < -0.39 is 109 Å². The summed E-state index contributed by atoms with van der Waals surface area (Å²) < 4.78 is 72.9. The normalized spacial score (nSPS) is 29.2. The van der Waals surface area contributed by atoms with Crippen LogP contribution in [0.25, 0.3) is 0 Å². The van der Waals surface area contributed by atoms with Gasteiger partial charge in [-0.25, -0.2) is 31.8 Å². The molecule has 2 saturated heterocycles. The predicted molar refractivity (Wildman–Crippen MR) is 160 cm³/mol. The van der Waals surface area contributed by atoms with Gasteiger partial charge in [0.1, 0.15) is 11.4 Å². The summed E-state index contributed by atoms with van der Waals surface area (Å²) >= 11 is 14.1. The van der Waals surface area contributed by atoms with Crippen molar-refractivity contribution < 1.29 is 51.2 Å². The molecule has 2 aliphatic heterocycles. The lowest BCUT2D eigenvalue weighted by atomic mass is 9.56. The van der Waals surface area contributed by atoms with Crippen LogP contribution < -0.4 is 9.80 Å². The lowest BCUT2D eigenvalue weighted by molar-refractivity contribution is -0.384. The van der Waals surface area contributed by atoms with Gasteiger partial charge in [0.2, 0.25) is 17.6 Å². The predicted octanol–water partition coefficient (Wildman–Crippen LogP) is 5.76. The summed E-state index contributed by atoms with van der Waals surface area (Å²) in [6.45, 7) is 0. The molecule has 1 saturated carbocycles. The average molecular weight is 722 g/mol. The quantitative estimate of drug-likeness (QED) is 0.0528. The summed E-state index contributed by atoms with van der Waals surface area (Å²) in [4.78, 5) is 61.9. The molecule has 6 unspecified atom stereocenters. The number of nitrogens with zero attached hydrogens (tertiary/aromatic N) is 3. The van der Waals surface area contributed by atoms with Gasteiger partial charge in [-0.3, -0.25) is 29.3 Å². The molecule has 3 fully saturated rings. The second-order valence-electron chi connectivity index (χ2n) is 12.1. The van der Waals surface area contributed by atoms with Crippen LogP contribution in [-0.2, 0) is 19.2 Å². The van der Waals surface area contributed by atoms with E-state index in [4.69, 9.17) is 23.2 Å². The number of carbonyl (C=O) groups is 4. The number of nitro benzene ring substituents is 1. The van der Waals surface area contributed by atoms with Crippen LogP contribution in [0.15, 0.2) is 60.2 Å². The zero-order valence-corrected chi connectivity index (χ0v) is 25.8. The lowest BCUT2D eigenvalue weighted by Gasteiger charge is -2.50. The van der Waals surface area contributed by atoms with Gasteiger partial charge in [0, 0.05) is 18.1 Å². The second-order valence-corrected chi connectivity index (χ2v) is 13.3. The number of phenolic OH excluding ortho intramolecular Hbond substituents is 1. The number of non-ortho nitro benzene ring substituents is 1. The van der Waals surface area contributed by atoms with Gasteiger partial charge >= 0.3 is 0 Å². The third kappa shape index (κ3) is 4.17. The van der Waals surface area contributed by atoms with Gasteiger partial charge in [0.05, 0.1) is 22.4 Å². The Balaban J connectivity index is 1.41. The summed E-state index contributed by atoms with van der Waals surface area (Å²) in [5.74, 6) is -22.8. The first kappa shape index (κ1) is 32.6. The minimum atomic E-state index is -2.74. The summed E-state index contributed by atoms with van der Waals surface area (Å²) in [5.41, 5.74) is -2.22. The molecule has 2 aliphatic carbocycles. The van der Waals surface area contributed by atoms with Crippen molar-refractivity contribution in [2.75, 3.05) is 9.80 Å². The third-order valence-electron chi connectivity index (χ3n) is 9.72. The summed E-state index contributed by atoms with van der Waals surface area (Å²) in [6.07, 6.45) is 0.633. The number of carbonyl (C=O) groups excluding carboxylic acids is 4. The fraction of sp³-hybridized carbons (Fsp3) is 0.250. The van der Waals surface area contributed by atoms with Crippen LogP contribution in [0.3, 0.4) is 0 Å². The molecular weight excluding hydrogens is 704 g/mol. The van der Waals surface area contributed by atoms with Crippen molar-refractivity contribution in [1.82, 2.24) is 0 Å². The molecule has 6 atom stereocenters. The van der Waals surface area contributed by atoms with Crippen molar-refractivity contribution in [2.24, 2.45) is 17.8 Å². The fourth-order valence-electron chi connectivity index (χ4n) is 7.65. The maximum Gasteiger partial charge on any atom is 0.271 e. The monoisotopic (exact) mass is 721 g/mol. The number of halogens is 7. The van der Waals surface area contributed by atoms with Crippen LogP contribution in [0.4, 0.5) is 39.0 Å². The minimum Gasteiger partial charge on any atom is -0.508 e. The van der Waals surface area contributed by atoms with Crippen molar-refractivity contribution in [3.8, 4) is 5.75 Å². The third-order valence-corrected chi connectivity index (χ3v) is 11.1. The van der Waals surface area contributed by atoms with Crippen molar-refractivity contribution >= 4 is 63.9 Å². The minimum absolute atomic E-state index is 0.0298. The van der Waals surface area contributed by atoms with E-state index in [1.54, 1.807) is 0 Å². The molecule has 252 valence electrons. The molecule has 10 nitrogen and oxygen atoms in total. The number of amides is 4. The Bertz CT molecular complexity index is 2090. The first-order valence-electron chi connectivity index (χ1n) is 14.5. The molecule has 17 heteroatoms.